The molecule has 2 aliphatic carbocycles. The van der Waals surface area contributed by atoms with Crippen molar-refractivity contribution in [1.82, 2.24) is 10.2 Å². The summed E-state index contributed by atoms with van der Waals surface area (Å²) in [4.78, 5) is 38.4. The summed E-state index contributed by atoms with van der Waals surface area (Å²) in [5.74, 6) is -1.62. The first-order chi connectivity index (χ1) is 24.5. The van der Waals surface area contributed by atoms with Crippen molar-refractivity contribution in [3.63, 3.8) is 0 Å². The number of amides is 2. The van der Waals surface area contributed by atoms with E-state index < -0.39 is 26.2 Å². The molecule has 0 spiro atoms. The molecule has 4 N–H and O–H groups in total. The van der Waals surface area contributed by atoms with E-state index in [2.05, 4.69) is 98.9 Å². The Hall–Kier alpha value is -3.79. The molecule has 3 aliphatic rings. The van der Waals surface area contributed by atoms with Crippen LogP contribution in [-0.2, 0) is 27.0 Å². The van der Waals surface area contributed by atoms with Gasteiger partial charge in [-0.25, -0.2) is 0 Å². The third-order valence-corrected chi connectivity index (χ3v) is 16.6. The molecule has 8 nitrogen and oxygen atoms in total. The van der Waals surface area contributed by atoms with Crippen molar-refractivity contribution in [3.05, 3.63) is 95.6 Å². The maximum Gasteiger partial charge on any atom is 0.303 e. The van der Waals surface area contributed by atoms with E-state index in [0.29, 0.717) is 17.5 Å². The van der Waals surface area contributed by atoms with Crippen molar-refractivity contribution in [2.45, 2.75) is 127 Å². The second-order valence-corrected chi connectivity index (χ2v) is 20.3. The van der Waals surface area contributed by atoms with Gasteiger partial charge in [0.05, 0.1) is 6.10 Å². The summed E-state index contributed by atoms with van der Waals surface area (Å²) in [6, 6.07) is 27.6. The van der Waals surface area contributed by atoms with Gasteiger partial charge in [-0.2, -0.15) is 0 Å². The van der Waals surface area contributed by atoms with E-state index in [0.717, 1.165) is 36.8 Å². The molecule has 1 heterocycles. The predicted molar refractivity (Wildman–Crippen MR) is 204 cm³/mol. The van der Waals surface area contributed by atoms with E-state index in [4.69, 9.17) is 10.2 Å². The molecule has 0 unspecified atom stereocenters. The van der Waals surface area contributed by atoms with Crippen molar-refractivity contribution in [2.75, 3.05) is 0 Å². The number of carboxylic acids is 1. The fraction of sp³-hybridized carbons (Fsp3) is 0.500. The van der Waals surface area contributed by atoms with Gasteiger partial charge in [-0.15, -0.1) is 0 Å². The van der Waals surface area contributed by atoms with Crippen LogP contribution in [0.15, 0.2) is 78.9 Å². The largest absolute Gasteiger partial charge is 0.481 e. The van der Waals surface area contributed by atoms with Crippen molar-refractivity contribution in [3.8, 4) is 0 Å². The Morgan fingerprint density at radius 3 is 2.16 bits per heavy atom. The molecule has 9 heteroatoms. The van der Waals surface area contributed by atoms with Gasteiger partial charge in [-0.05, 0) is 77.0 Å². The number of rotatable bonds is 13. The number of nitrogens with one attached hydrogen (secondary N) is 1. The summed E-state index contributed by atoms with van der Waals surface area (Å²) >= 11 is 0. The summed E-state index contributed by atoms with van der Waals surface area (Å²) < 4.78 is 7.87. The number of primary amides is 1. The molecule has 1 aliphatic heterocycles. The molecule has 4 atom stereocenters. The molecule has 0 bridgehead atoms. The Morgan fingerprint density at radius 1 is 0.922 bits per heavy atom. The molecular weight excluding hydrogens is 655 g/mol. The lowest BCUT2D eigenvalue weighted by Gasteiger charge is -2.50. The summed E-state index contributed by atoms with van der Waals surface area (Å²) in [5.41, 5.74) is 8.26. The normalized spacial score (nSPS) is 22.1. The molecule has 272 valence electrons. The number of carboxylic acid groups (broad SMARTS) is 1. The van der Waals surface area contributed by atoms with Crippen LogP contribution >= 0.6 is 0 Å². The number of benzene rings is 3. The highest BCUT2D eigenvalue weighted by Gasteiger charge is 2.53. The van der Waals surface area contributed by atoms with Crippen LogP contribution in [0.25, 0.3) is 0 Å². The minimum absolute atomic E-state index is 0.000560. The van der Waals surface area contributed by atoms with Gasteiger partial charge in [0.25, 0.3) is 14.2 Å². The lowest BCUT2D eigenvalue weighted by Crippen LogP contribution is -2.70. The van der Waals surface area contributed by atoms with Crippen LogP contribution in [0.1, 0.15) is 106 Å². The van der Waals surface area contributed by atoms with E-state index in [9.17, 15) is 19.5 Å². The Balaban J connectivity index is 1.31. The second-order valence-electron chi connectivity index (χ2n) is 16.0. The monoisotopic (exact) mass is 709 g/mol. The van der Waals surface area contributed by atoms with E-state index >= 15 is 0 Å². The first-order valence-corrected chi connectivity index (χ1v) is 20.9. The topological polar surface area (TPSA) is 122 Å². The molecule has 2 saturated carbocycles. The first-order valence-electron chi connectivity index (χ1n) is 19.0. The van der Waals surface area contributed by atoms with E-state index in [1.54, 1.807) is 0 Å². The third kappa shape index (κ3) is 8.01. The summed E-state index contributed by atoms with van der Waals surface area (Å²) in [6.45, 7) is 7.30. The summed E-state index contributed by atoms with van der Waals surface area (Å²) in [6.07, 6.45) is 10.0. The molecule has 0 aromatic heterocycles. The van der Waals surface area contributed by atoms with Crippen LogP contribution in [0.2, 0.25) is 5.04 Å². The number of nitrogens with zero attached hydrogens (tertiary/aromatic N) is 1. The number of nitrogens with two attached hydrogens (primary N) is 1. The molecule has 2 fully saturated rings. The van der Waals surface area contributed by atoms with Crippen LogP contribution in [0, 0.1) is 5.92 Å². The standard InChI is InChI=1S/C42H55N3O5Si/c1-42(2,3)51(33-17-9-5-10-18-33,34-19-11-6-12-20-34)50-37-21-13-14-30(39(37)44-32-15-7-4-8-16-32)26-29-22-23-35-31(27-29)28-45(41(35)49)36(40(43)48)24-25-38(46)47/h5-6,9-12,17-20,22-23,27,30,32,36-37,39,44H,4,7-8,13-16,21,24-26,28H2,1-3H3,(H2,43,48)(H,46,47)/t30-,36+,37+,39-/m1/s1. The minimum atomic E-state index is -2.79. The maximum absolute atomic E-state index is 13.4. The van der Waals surface area contributed by atoms with Gasteiger partial charge in [-0.3, -0.25) is 14.4 Å². The zero-order valence-corrected chi connectivity index (χ0v) is 31.5. The second kappa shape index (κ2) is 15.8. The summed E-state index contributed by atoms with van der Waals surface area (Å²) in [5, 5.41) is 15.9. The Bertz CT molecular complexity index is 1630. The first kappa shape index (κ1) is 37.0. The summed E-state index contributed by atoms with van der Waals surface area (Å²) in [7, 11) is -2.79. The molecule has 3 aromatic rings. The molecule has 6 rings (SSSR count). The number of hydrogen-bond donors (Lipinski definition) is 3. The number of aliphatic carboxylic acids is 1. The van der Waals surface area contributed by atoms with Crippen LogP contribution < -0.4 is 21.4 Å². The van der Waals surface area contributed by atoms with Gasteiger partial charge < -0.3 is 25.5 Å². The average Bonchev–Trinajstić information content (AvgIpc) is 3.43. The molecule has 3 aromatic carbocycles. The van der Waals surface area contributed by atoms with Crippen LogP contribution in [0.4, 0.5) is 0 Å². The van der Waals surface area contributed by atoms with E-state index in [1.807, 2.05) is 6.07 Å². The third-order valence-electron chi connectivity index (χ3n) is 11.6. The zero-order valence-electron chi connectivity index (χ0n) is 30.5. The van der Waals surface area contributed by atoms with Gasteiger partial charge in [0.15, 0.2) is 0 Å². The van der Waals surface area contributed by atoms with Crippen LogP contribution in [0.3, 0.4) is 0 Å². The fourth-order valence-electron chi connectivity index (χ4n) is 9.10. The van der Waals surface area contributed by atoms with Crippen molar-refractivity contribution >= 4 is 36.5 Å². The van der Waals surface area contributed by atoms with Crippen molar-refractivity contribution in [2.24, 2.45) is 11.7 Å². The number of carbonyl (C=O) groups is 3. The molecule has 0 radical (unpaired) electrons. The number of fused-ring (bicyclic) bond motifs is 1. The maximum atomic E-state index is 13.4. The molecular formula is C42H55N3O5Si. The van der Waals surface area contributed by atoms with Gasteiger partial charge in [0.1, 0.15) is 6.04 Å². The highest BCUT2D eigenvalue weighted by atomic mass is 28.4. The quantitative estimate of drug-likeness (QED) is 0.189. The molecule has 0 saturated heterocycles. The van der Waals surface area contributed by atoms with Crippen molar-refractivity contribution < 1.29 is 23.9 Å². The van der Waals surface area contributed by atoms with Crippen LogP contribution in [-0.4, -0.2) is 60.3 Å². The number of hydrogen-bond acceptors (Lipinski definition) is 5. The highest BCUT2D eigenvalue weighted by Crippen LogP contribution is 2.41. The van der Waals surface area contributed by atoms with Gasteiger partial charge in [0.2, 0.25) is 5.91 Å². The predicted octanol–water partition coefficient (Wildman–Crippen LogP) is 5.94. The van der Waals surface area contributed by atoms with Crippen molar-refractivity contribution in [1.29, 1.82) is 0 Å². The highest BCUT2D eigenvalue weighted by molar-refractivity contribution is 6.99. The smallest absolute Gasteiger partial charge is 0.303 e. The average molecular weight is 710 g/mol. The Morgan fingerprint density at radius 2 is 1.57 bits per heavy atom. The fourth-order valence-corrected chi connectivity index (χ4v) is 13.8. The van der Waals surface area contributed by atoms with Gasteiger partial charge >= 0.3 is 5.97 Å². The number of carbonyl (C=O) groups excluding carboxylic acids is 2. The van der Waals surface area contributed by atoms with Gasteiger partial charge in [-0.1, -0.05) is 119 Å². The molecule has 2 amide bonds. The van der Waals surface area contributed by atoms with Gasteiger partial charge in [0, 0.05) is 30.6 Å². The molecule has 51 heavy (non-hydrogen) atoms. The zero-order chi connectivity index (χ0) is 36.2. The van der Waals surface area contributed by atoms with Crippen LogP contribution in [0.5, 0.6) is 0 Å². The Kier molecular flexibility index (Phi) is 11.5. The lowest BCUT2D eigenvalue weighted by molar-refractivity contribution is -0.137. The van der Waals surface area contributed by atoms with E-state index in [-0.39, 0.29) is 42.5 Å². The SMILES string of the molecule is CC(C)(C)[Si](O[C@H]1CCC[C@H](Cc2ccc3c(c2)CN([C@@H](CCC(=O)O)C(N)=O)C3=O)[C@H]1NC1CCCCC1)(c1ccccc1)c1ccccc1. The Labute approximate surface area is 304 Å². The van der Waals surface area contributed by atoms with E-state index in [1.165, 1.54) is 47.4 Å². The minimum Gasteiger partial charge on any atom is -0.481 e. The lowest BCUT2D eigenvalue weighted by atomic mass is 9.78.